The first-order valence-electron chi connectivity index (χ1n) is 5.84. The number of piperidine rings is 1. The van der Waals surface area contributed by atoms with E-state index in [4.69, 9.17) is 5.11 Å². The minimum Gasteiger partial charge on any atom is -0.480 e. The third kappa shape index (κ3) is 3.95. The van der Waals surface area contributed by atoms with E-state index in [1.807, 2.05) is 0 Å². The summed E-state index contributed by atoms with van der Waals surface area (Å²) in [6, 6.07) is 0. The molecule has 0 aromatic heterocycles. The zero-order valence-corrected chi connectivity index (χ0v) is 11.1. The Labute approximate surface area is 106 Å². The van der Waals surface area contributed by atoms with Gasteiger partial charge in [-0.1, -0.05) is 0 Å². The molecule has 0 saturated carbocycles. The maximum atomic E-state index is 11.7. The molecule has 1 unspecified atom stereocenters. The van der Waals surface area contributed by atoms with Crippen LogP contribution in [0.3, 0.4) is 0 Å². The van der Waals surface area contributed by atoms with Gasteiger partial charge in [0.15, 0.2) is 0 Å². The van der Waals surface area contributed by atoms with E-state index < -0.39 is 34.4 Å². The van der Waals surface area contributed by atoms with Gasteiger partial charge in [0.1, 0.15) is 6.54 Å². The van der Waals surface area contributed by atoms with E-state index in [0.29, 0.717) is 19.4 Å². The zero-order chi connectivity index (χ0) is 13.8. The molecular weight excluding hydrogens is 260 g/mol. The number of rotatable bonds is 5. The smallest absolute Gasteiger partial charge is 0.322 e. The first kappa shape index (κ1) is 14.9. The second-order valence-electron chi connectivity index (χ2n) is 4.21. The van der Waals surface area contributed by atoms with E-state index in [1.165, 1.54) is 4.31 Å². The first-order chi connectivity index (χ1) is 8.36. The van der Waals surface area contributed by atoms with Crippen LogP contribution in [0.25, 0.3) is 0 Å². The lowest BCUT2D eigenvalue weighted by Gasteiger charge is -2.30. The number of carbonyl (C=O) groups excluding carboxylic acids is 1. The molecule has 104 valence electrons. The Hall–Kier alpha value is -1.15. The summed E-state index contributed by atoms with van der Waals surface area (Å²) in [5.41, 5.74) is 0. The van der Waals surface area contributed by atoms with Gasteiger partial charge in [0.25, 0.3) is 0 Å². The van der Waals surface area contributed by atoms with E-state index in [-0.39, 0.29) is 12.3 Å². The van der Waals surface area contributed by atoms with Crippen molar-refractivity contribution in [3.05, 3.63) is 0 Å². The molecule has 0 spiro atoms. The highest BCUT2D eigenvalue weighted by Crippen LogP contribution is 2.19. The van der Waals surface area contributed by atoms with Crippen molar-refractivity contribution in [3.63, 3.8) is 0 Å². The highest BCUT2D eigenvalue weighted by molar-refractivity contribution is 7.89. The first-order valence-corrected chi connectivity index (χ1v) is 7.45. The Morgan fingerprint density at radius 1 is 1.44 bits per heavy atom. The van der Waals surface area contributed by atoms with Crippen LogP contribution < -0.4 is 5.32 Å². The molecule has 7 nitrogen and oxygen atoms in total. The summed E-state index contributed by atoms with van der Waals surface area (Å²) >= 11 is 0. The summed E-state index contributed by atoms with van der Waals surface area (Å²) in [6.07, 6.45) is 1.20. The van der Waals surface area contributed by atoms with Crippen molar-refractivity contribution in [2.75, 3.05) is 25.4 Å². The predicted octanol–water partition coefficient (Wildman–Crippen LogP) is -0.751. The second kappa shape index (κ2) is 6.14. The molecule has 1 fully saturated rings. The van der Waals surface area contributed by atoms with E-state index in [1.54, 1.807) is 6.92 Å². The van der Waals surface area contributed by atoms with Crippen LogP contribution in [0.15, 0.2) is 0 Å². The zero-order valence-electron chi connectivity index (χ0n) is 10.3. The molecule has 1 amide bonds. The van der Waals surface area contributed by atoms with Crippen LogP contribution in [0.1, 0.15) is 19.8 Å². The second-order valence-corrected chi connectivity index (χ2v) is 6.47. The Morgan fingerprint density at radius 3 is 2.67 bits per heavy atom. The summed E-state index contributed by atoms with van der Waals surface area (Å²) in [6.45, 7) is 1.69. The molecule has 1 rings (SSSR count). The normalized spacial score (nSPS) is 21.5. The summed E-state index contributed by atoms with van der Waals surface area (Å²) in [5, 5.41) is 10.7. The van der Waals surface area contributed by atoms with Crippen molar-refractivity contribution in [3.8, 4) is 0 Å². The van der Waals surface area contributed by atoms with Gasteiger partial charge in [-0.15, -0.1) is 0 Å². The van der Waals surface area contributed by atoms with Crippen molar-refractivity contribution in [2.24, 2.45) is 5.92 Å². The molecule has 0 bridgehead atoms. The van der Waals surface area contributed by atoms with Gasteiger partial charge >= 0.3 is 5.97 Å². The quantitative estimate of drug-likeness (QED) is 0.688. The number of amides is 1. The number of sulfonamides is 1. The van der Waals surface area contributed by atoms with E-state index >= 15 is 0 Å². The number of nitrogens with one attached hydrogen (secondary N) is 1. The van der Waals surface area contributed by atoms with Crippen molar-refractivity contribution < 1.29 is 23.1 Å². The topological polar surface area (TPSA) is 104 Å². The third-order valence-electron chi connectivity index (χ3n) is 2.93. The molecule has 8 heteroatoms. The van der Waals surface area contributed by atoms with Crippen LogP contribution in [0, 0.1) is 5.92 Å². The average Bonchev–Trinajstić information content (AvgIpc) is 2.36. The van der Waals surface area contributed by atoms with Gasteiger partial charge < -0.3 is 10.4 Å². The maximum Gasteiger partial charge on any atom is 0.322 e. The number of hydrogen-bond acceptors (Lipinski definition) is 4. The largest absolute Gasteiger partial charge is 0.480 e. The lowest BCUT2D eigenvalue weighted by atomic mass is 9.99. The standard InChI is InChI=1S/C10H18N2O5S/c1-2-18(16,17)12-5-3-4-8(7-12)10(15)11-6-9(13)14/h8H,2-7H2,1H3,(H,11,15)(H,13,14). The molecule has 1 aliphatic rings. The van der Waals surface area contributed by atoms with Crippen molar-refractivity contribution in [1.29, 1.82) is 0 Å². The molecule has 1 heterocycles. The van der Waals surface area contributed by atoms with E-state index in [9.17, 15) is 18.0 Å². The molecule has 1 saturated heterocycles. The minimum atomic E-state index is -3.28. The van der Waals surface area contributed by atoms with Crippen LogP contribution in [-0.2, 0) is 19.6 Å². The van der Waals surface area contributed by atoms with Crippen molar-refractivity contribution >= 4 is 21.9 Å². The number of carboxylic acid groups (broad SMARTS) is 1. The Bertz CT molecular complexity index is 420. The molecule has 2 N–H and O–H groups in total. The van der Waals surface area contributed by atoms with Gasteiger partial charge in [-0.3, -0.25) is 9.59 Å². The summed E-state index contributed by atoms with van der Waals surface area (Å²) in [4.78, 5) is 22.0. The van der Waals surface area contributed by atoms with E-state index in [0.717, 1.165) is 0 Å². The number of carboxylic acids is 1. The van der Waals surface area contributed by atoms with Gasteiger partial charge in [0, 0.05) is 13.1 Å². The van der Waals surface area contributed by atoms with Crippen molar-refractivity contribution in [2.45, 2.75) is 19.8 Å². The molecule has 1 atom stereocenters. The highest BCUT2D eigenvalue weighted by Gasteiger charge is 2.31. The number of hydrogen-bond donors (Lipinski definition) is 2. The van der Waals surface area contributed by atoms with Gasteiger partial charge in [-0.25, -0.2) is 12.7 Å². The fourth-order valence-corrected chi connectivity index (χ4v) is 3.08. The number of aliphatic carboxylic acids is 1. The summed E-state index contributed by atoms with van der Waals surface area (Å²) < 4.78 is 24.7. The van der Waals surface area contributed by atoms with Crippen LogP contribution in [0.2, 0.25) is 0 Å². The molecule has 18 heavy (non-hydrogen) atoms. The maximum absolute atomic E-state index is 11.7. The molecule has 0 aliphatic carbocycles. The molecule has 0 aromatic rings. The van der Waals surface area contributed by atoms with Gasteiger partial charge in [0.05, 0.1) is 11.7 Å². The Kier molecular flexibility index (Phi) is 5.09. The molecule has 0 radical (unpaired) electrons. The van der Waals surface area contributed by atoms with Crippen LogP contribution in [0.5, 0.6) is 0 Å². The van der Waals surface area contributed by atoms with Crippen LogP contribution in [-0.4, -0.2) is 55.1 Å². The molecular formula is C10H18N2O5S. The van der Waals surface area contributed by atoms with Crippen LogP contribution >= 0.6 is 0 Å². The highest BCUT2D eigenvalue weighted by atomic mass is 32.2. The predicted molar refractivity (Wildman–Crippen MR) is 64.4 cm³/mol. The fraction of sp³-hybridized carbons (Fsp3) is 0.800. The van der Waals surface area contributed by atoms with E-state index in [2.05, 4.69) is 5.32 Å². The van der Waals surface area contributed by atoms with Crippen LogP contribution in [0.4, 0.5) is 0 Å². The monoisotopic (exact) mass is 278 g/mol. The third-order valence-corrected chi connectivity index (χ3v) is 4.77. The fourth-order valence-electron chi connectivity index (χ4n) is 1.90. The van der Waals surface area contributed by atoms with Gasteiger partial charge in [0.2, 0.25) is 15.9 Å². The van der Waals surface area contributed by atoms with Gasteiger partial charge in [-0.05, 0) is 19.8 Å². The average molecular weight is 278 g/mol. The van der Waals surface area contributed by atoms with Gasteiger partial charge in [-0.2, -0.15) is 0 Å². The number of carbonyl (C=O) groups is 2. The Morgan fingerprint density at radius 2 is 2.11 bits per heavy atom. The summed E-state index contributed by atoms with van der Waals surface area (Å²) in [7, 11) is -3.28. The SMILES string of the molecule is CCS(=O)(=O)N1CCCC(C(=O)NCC(=O)O)C1. The molecule has 1 aliphatic heterocycles. The minimum absolute atomic E-state index is 0.0104. The lowest BCUT2D eigenvalue weighted by molar-refractivity contribution is -0.138. The lowest BCUT2D eigenvalue weighted by Crippen LogP contribution is -2.46. The molecule has 0 aromatic carbocycles. The Balaban J connectivity index is 2.58. The van der Waals surface area contributed by atoms with Crippen molar-refractivity contribution in [1.82, 2.24) is 9.62 Å². The summed E-state index contributed by atoms with van der Waals surface area (Å²) in [5.74, 6) is -1.96. The number of nitrogens with zero attached hydrogens (tertiary/aromatic N) is 1.